The van der Waals surface area contributed by atoms with Crippen LogP contribution in [0.15, 0.2) is 12.1 Å². The quantitative estimate of drug-likeness (QED) is 0.765. The highest BCUT2D eigenvalue weighted by atomic mass is 16.5. The smallest absolute Gasteiger partial charge is 0.251 e. The summed E-state index contributed by atoms with van der Waals surface area (Å²) >= 11 is 0. The van der Waals surface area contributed by atoms with Crippen LogP contribution in [-0.2, 0) is 6.42 Å². The van der Waals surface area contributed by atoms with Crippen molar-refractivity contribution in [3.63, 3.8) is 0 Å². The Kier molecular flexibility index (Phi) is 6.15. The summed E-state index contributed by atoms with van der Waals surface area (Å²) in [5, 5.41) is 14.4. The Hall–Kier alpha value is -2.84. The van der Waals surface area contributed by atoms with Crippen molar-refractivity contribution in [3.8, 4) is 17.2 Å². The van der Waals surface area contributed by atoms with Crippen LogP contribution in [0.25, 0.3) is 0 Å². The Balaban J connectivity index is 2.07. The lowest BCUT2D eigenvalue weighted by atomic mass is 10.1. The molecule has 0 saturated carbocycles. The van der Waals surface area contributed by atoms with E-state index in [9.17, 15) is 4.79 Å². The molecule has 0 aliphatic rings. The molecule has 0 spiro atoms. The predicted molar refractivity (Wildman–Crippen MR) is 90.3 cm³/mol. The largest absolute Gasteiger partial charge is 0.493 e. The number of carbonyl (C=O) groups excluding carboxylic acids is 1. The first-order valence-electron chi connectivity index (χ1n) is 7.86. The molecular formula is C16H23N5O4. The maximum absolute atomic E-state index is 12.4. The number of hydrogen-bond acceptors (Lipinski definition) is 7. The van der Waals surface area contributed by atoms with Crippen LogP contribution in [0.5, 0.6) is 17.2 Å². The average molecular weight is 349 g/mol. The maximum Gasteiger partial charge on any atom is 0.251 e. The summed E-state index contributed by atoms with van der Waals surface area (Å²) < 4.78 is 17.5. The topological polar surface area (TPSA) is 100 Å². The van der Waals surface area contributed by atoms with Gasteiger partial charge in [0.15, 0.2) is 17.3 Å². The van der Waals surface area contributed by atoms with E-state index in [1.54, 1.807) is 16.8 Å². The van der Waals surface area contributed by atoms with E-state index in [1.807, 2.05) is 13.8 Å². The lowest BCUT2D eigenvalue weighted by Crippen LogP contribution is -2.27. The van der Waals surface area contributed by atoms with Gasteiger partial charge in [-0.25, -0.2) is 4.68 Å². The van der Waals surface area contributed by atoms with Crippen molar-refractivity contribution in [2.45, 2.75) is 26.3 Å². The van der Waals surface area contributed by atoms with E-state index in [0.29, 0.717) is 35.8 Å². The number of tetrazole rings is 1. The third kappa shape index (κ3) is 4.17. The number of amides is 1. The fourth-order valence-corrected chi connectivity index (χ4v) is 2.38. The van der Waals surface area contributed by atoms with Gasteiger partial charge in [-0.1, -0.05) is 0 Å². The molecule has 136 valence electrons. The Labute approximate surface area is 146 Å². The summed E-state index contributed by atoms with van der Waals surface area (Å²) in [4.78, 5) is 12.4. The number of nitrogens with one attached hydrogen (secondary N) is 1. The Morgan fingerprint density at radius 1 is 1.16 bits per heavy atom. The lowest BCUT2D eigenvalue weighted by molar-refractivity contribution is 0.0953. The third-order valence-electron chi connectivity index (χ3n) is 3.61. The van der Waals surface area contributed by atoms with E-state index in [2.05, 4.69) is 20.8 Å². The van der Waals surface area contributed by atoms with Gasteiger partial charge < -0.3 is 19.5 Å². The van der Waals surface area contributed by atoms with Crippen molar-refractivity contribution in [2.24, 2.45) is 0 Å². The number of carbonyl (C=O) groups is 1. The molecule has 0 saturated heterocycles. The third-order valence-corrected chi connectivity index (χ3v) is 3.61. The Morgan fingerprint density at radius 3 is 2.32 bits per heavy atom. The standard InChI is InChI=1S/C16H23N5O4/c1-10(2)21-14(18-19-20-21)6-7-17-16(22)11-8-12(23-3)15(25-5)13(9-11)24-4/h8-10H,6-7H2,1-5H3,(H,17,22). The molecule has 2 aromatic rings. The van der Waals surface area contributed by atoms with Crippen LogP contribution in [-0.4, -0.2) is 54.0 Å². The summed E-state index contributed by atoms with van der Waals surface area (Å²) in [6, 6.07) is 3.37. The normalized spacial score (nSPS) is 10.6. The van der Waals surface area contributed by atoms with Gasteiger partial charge in [0.05, 0.1) is 27.4 Å². The lowest BCUT2D eigenvalue weighted by Gasteiger charge is -2.14. The van der Waals surface area contributed by atoms with Gasteiger partial charge in [0.1, 0.15) is 0 Å². The first-order valence-corrected chi connectivity index (χ1v) is 7.86. The van der Waals surface area contributed by atoms with E-state index in [-0.39, 0.29) is 11.9 Å². The molecule has 1 aromatic carbocycles. The zero-order valence-corrected chi connectivity index (χ0v) is 15.1. The SMILES string of the molecule is COc1cc(C(=O)NCCc2nnnn2C(C)C)cc(OC)c1OC. The maximum atomic E-state index is 12.4. The minimum absolute atomic E-state index is 0.163. The fraction of sp³-hybridized carbons (Fsp3) is 0.500. The fourth-order valence-electron chi connectivity index (χ4n) is 2.38. The molecule has 25 heavy (non-hydrogen) atoms. The summed E-state index contributed by atoms with van der Waals surface area (Å²) in [5.41, 5.74) is 0.415. The number of rotatable bonds is 8. The van der Waals surface area contributed by atoms with Gasteiger partial charge >= 0.3 is 0 Å². The highest BCUT2D eigenvalue weighted by Crippen LogP contribution is 2.38. The van der Waals surface area contributed by atoms with E-state index in [0.717, 1.165) is 5.82 Å². The molecule has 1 heterocycles. The van der Waals surface area contributed by atoms with E-state index < -0.39 is 0 Å². The van der Waals surface area contributed by atoms with Crippen LogP contribution in [0.3, 0.4) is 0 Å². The number of ether oxygens (including phenoxy) is 3. The second kappa shape index (κ2) is 8.32. The van der Waals surface area contributed by atoms with Crippen LogP contribution in [0, 0.1) is 0 Å². The van der Waals surface area contributed by atoms with E-state index in [4.69, 9.17) is 14.2 Å². The highest BCUT2D eigenvalue weighted by Gasteiger charge is 2.17. The zero-order chi connectivity index (χ0) is 18.4. The molecule has 2 rings (SSSR count). The number of methoxy groups -OCH3 is 3. The summed E-state index contributed by atoms with van der Waals surface area (Å²) in [6.07, 6.45) is 0.529. The van der Waals surface area contributed by atoms with Crippen LogP contribution in [0.2, 0.25) is 0 Å². The molecule has 0 radical (unpaired) electrons. The molecule has 0 atom stereocenters. The number of hydrogen-bond donors (Lipinski definition) is 1. The van der Waals surface area contributed by atoms with Crippen LogP contribution >= 0.6 is 0 Å². The second-order valence-corrected chi connectivity index (χ2v) is 5.55. The zero-order valence-electron chi connectivity index (χ0n) is 15.1. The summed E-state index contributed by atoms with van der Waals surface area (Å²) in [7, 11) is 4.52. The average Bonchev–Trinajstić information content (AvgIpc) is 3.08. The van der Waals surface area contributed by atoms with Crippen LogP contribution in [0.1, 0.15) is 36.1 Å². The molecular weight excluding hydrogens is 326 g/mol. The molecule has 1 N–H and O–H groups in total. The summed E-state index contributed by atoms with van der Waals surface area (Å²) in [5.74, 6) is 1.77. The minimum atomic E-state index is -0.247. The van der Waals surface area contributed by atoms with E-state index in [1.165, 1.54) is 21.3 Å². The van der Waals surface area contributed by atoms with Gasteiger partial charge in [-0.3, -0.25) is 4.79 Å². The molecule has 0 bridgehead atoms. The molecule has 0 fully saturated rings. The molecule has 9 nitrogen and oxygen atoms in total. The van der Waals surface area contributed by atoms with Crippen LogP contribution < -0.4 is 19.5 Å². The Bertz CT molecular complexity index is 704. The highest BCUT2D eigenvalue weighted by molar-refractivity contribution is 5.95. The van der Waals surface area contributed by atoms with Gasteiger partial charge in [0.25, 0.3) is 5.91 Å². The molecule has 1 amide bonds. The first kappa shape index (κ1) is 18.5. The van der Waals surface area contributed by atoms with Gasteiger partial charge in [-0.15, -0.1) is 5.10 Å². The van der Waals surface area contributed by atoms with Gasteiger partial charge in [0, 0.05) is 18.5 Å². The van der Waals surface area contributed by atoms with Gasteiger partial charge in [-0.2, -0.15) is 0 Å². The van der Waals surface area contributed by atoms with Crippen molar-refractivity contribution < 1.29 is 19.0 Å². The molecule has 1 aromatic heterocycles. The van der Waals surface area contributed by atoms with Crippen molar-refractivity contribution in [1.29, 1.82) is 0 Å². The number of aromatic nitrogens is 4. The van der Waals surface area contributed by atoms with Gasteiger partial charge in [-0.05, 0) is 36.4 Å². The van der Waals surface area contributed by atoms with Crippen LogP contribution in [0.4, 0.5) is 0 Å². The van der Waals surface area contributed by atoms with Gasteiger partial charge in [0.2, 0.25) is 5.75 Å². The molecule has 0 unspecified atom stereocenters. The number of benzene rings is 1. The van der Waals surface area contributed by atoms with Crippen molar-refractivity contribution in [2.75, 3.05) is 27.9 Å². The summed E-state index contributed by atoms with van der Waals surface area (Å²) in [6.45, 7) is 4.39. The molecule has 9 heteroatoms. The molecule has 0 aliphatic heterocycles. The minimum Gasteiger partial charge on any atom is -0.493 e. The Morgan fingerprint density at radius 2 is 1.80 bits per heavy atom. The first-order chi connectivity index (χ1) is 12.0. The van der Waals surface area contributed by atoms with Crippen molar-refractivity contribution in [3.05, 3.63) is 23.5 Å². The predicted octanol–water partition coefficient (Wildman–Crippen LogP) is 1.25. The molecule has 0 aliphatic carbocycles. The second-order valence-electron chi connectivity index (χ2n) is 5.55. The monoisotopic (exact) mass is 349 g/mol. The van der Waals surface area contributed by atoms with E-state index >= 15 is 0 Å². The number of nitrogens with zero attached hydrogens (tertiary/aromatic N) is 4. The van der Waals surface area contributed by atoms with Crippen molar-refractivity contribution in [1.82, 2.24) is 25.5 Å². The van der Waals surface area contributed by atoms with Crippen molar-refractivity contribution >= 4 is 5.91 Å².